The lowest BCUT2D eigenvalue weighted by molar-refractivity contribution is -0.187. The predicted molar refractivity (Wildman–Crippen MR) is 92.5 cm³/mol. The number of ketones is 1. The molecule has 2 heterocycles. The molecule has 1 aromatic carbocycles. The van der Waals surface area contributed by atoms with Crippen LogP contribution in [-0.2, 0) is 27.1 Å². The number of carbonyl (C=O) groups is 2. The van der Waals surface area contributed by atoms with Gasteiger partial charge in [0.2, 0.25) is 5.91 Å². The molecule has 25 heavy (non-hydrogen) atoms. The van der Waals surface area contributed by atoms with Crippen molar-refractivity contribution in [2.45, 2.75) is 50.7 Å². The SMILES string of the molecule is O=C(CCC(=O)N1CCC2(CC1)OCCO2)c1ccc2c(c1)CCC2. The average Bonchev–Trinajstić information content (AvgIpc) is 3.29. The number of fused-ring (bicyclic) bond motifs is 1. The number of Topliss-reactive ketones (excluding diaryl/α,β-unsaturated/α-hetero) is 1. The molecule has 0 aromatic heterocycles. The Balaban J connectivity index is 1.28. The van der Waals surface area contributed by atoms with Gasteiger partial charge in [-0.25, -0.2) is 0 Å². The Morgan fingerprint density at radius 1 is 1.00 bits per heavy atom. The summed E-state index contributed by atoms with van der Waals surface area (Å²) in [6.07, 6.45) is 5.36. The highest BCUT2D eigenvalue weighted by atomic mass is 16.7. The Bertz CT molecular complexity index is 668. The monoisotopic (exact) mass is 343 g/mol. The topological polar surface area (TPSA) is 55.8 Å². The van der Waals surface area contributed by atoms with Crippen LogP contribution < -0.4 is 0 Å². The highest BCUT2D eigenvalue weighted by Gasteiger charge is 2.40. The molecule has 0 unspecified atom stereocenters. The lowest BCUT2D eigenvalue weighted by atomic mass is 10.00. The maximum atomic E-state index is 12.4. The zero-order chi connectivity index (χ0) is 17.3. The van der Waals surface area contributed by atoms with Crippen molar-refractivity contribution < 1.29 is 19.1 Å². The minimum absolute atomic E-state index is 0.0577. The fraction of sp³-hybridized carbons (Fsp3) is 0.600. The summed E-state index contributed by atoms with van der Waals surface area (Å²) in [7, 11) is 0. The molecular formula is C20H25NO4. The lowest BCUT2D eigenvalue weighted by Crippen LogP contribution is -2.47. The molecule has 3 aliphatic rings. The molecule has 0 atom stereocenters. The fourth-order valence-corrected chi connectivity index (χ4v) is 4.15. The van der Waals surface area contributed by atoms with Gasteiger partial charge in [-0.2, -0.15) is 0 Å². The molecule has 5 nitrogen and oxygen atoms in total. The van der Waals surface area contributed by atoms with E-state index in [1.807, 2.05) is 17.0 Å². The molecule has 0 N–H and O–H groups in total. The number of likely N-dealkylation sites (tertiary alicyclic amines) is 1. The first-order valence-corrected chi connectivity index (χ1v) is 9.36. The highest BCUT2D eigenvalue weighted by Crippen LogP contribution is 2.31. The number of hydrogen-bond acceptors (Lipinski definition) is 4. The molecule has 5 heteroatoms. The molecule has 2 fully saturated rings. The predicted octanol–water partition coefficient (Wildman–Crippen LogP) is 2.50. The normalized spacial score (nSPS) is 21.5. The van der Waals surface area contributed by atoms with Gasteiger partial charge in [-0.15, -0.1) is 0 Å². The molecular weight excluding hydrogens is 318 g/mol. The van der Waals surface area contributed by atoms with Crippen LogP contribution in [0.2, 0.25) is 0 Å². The molecule has 4 rings (SSSR count). The molecule has 0 saturated carbocycles. The van der Waals surface area contributed by atoms with Crippen molar-refractivity contribution in [2.75, 3.05) is 26.3 Å². The van der Waals surface area contributed by atoms with Crippen LogP contribution in [0.15, 0.2) is 18.2 Å². The summed E-state index contributed by atoms with van der Waals surface area (Å²) in [4.78, 5) is 26.7. The second-order valence-electron chi connectivity index (χ2n) is 7.25. The van der Waals surface area contributed by atoms with E-state index in [1.165, 1.54) is 17.5 Å². The van der Waals surface area contributed by atoms with E-state index in [9.17, 15) is 9.59 Å². The van der Waals surface area contributed by atoms with Crippen LogP contribution in [0.4, 0.5) is 0 Å². The number of ether oxygens (including phenoxy) is 2. The number of aryl methyl sites for hydroxylation is 2. The summed E-state index contributed by atoms with van der Waals surface area (Å²) in [6, 6.07) is 6.01. The molecule has 1 aromatic rings. The molecule has 0 bridgehead atoms. The van der Waals surface area contributed by atoms with E-state index >= 15 is 0 Å². The summed E-state index contributed by atoms with van der Waals surface area (Å²) in [5, 5.41) is 0. The number of benzene rings is 1. The first-order chi connectivity index (χ1) is 12.2. The van der Waals surface area contributed by atoms with Gasteiger partial charge in [0.25, 0.3) is 0 Å². The van der Waals surface area contributed by atoms with Gasteiger partial charge < -0.3 is 14.4 Å². The van der Waals surface area contributed by atoms with Crippen molar-refractivity contribution in [2.24, 2.45) is 0 Å². The van der Waals surface area contributed by atoms with E-state index < -0.39 is 5.79 Å². The Morgan fingerprint density at radius 3 is 2.48 bits per heavy atom. The van der Waals surface area contributed by atoms with Crippen LogP contribution in [-0.4, -0.2) is 48.7 Å². The van der Waals surface area contributed by atoms with Gasteiger partial charge >= 0.3 is 0 Å². The molecule has 2 aliphatic heterocycles. The molecule has 134 valence electrons. The van der Waals surface area contributed by atoms with E-state index in [4.69, 9.17) is 9.47 Å². The van der Waals surface area contributed by atoms with Gasteiger partial charge in [0, 0.05) is 44.3 Å². The quantitative estimate of drug-likeness (QED) is 0.788. The van der Waals surface area contributed by atoms with E-state index in [2.05, 4.69) is 6.07 Å². The second kappa shape index (κ2) is 6.89. The molecule has 1 amide bonds. The van der Waals surface area contributed by atoms with E-state index in [0.717, 1.165) is 31.2 Å². The first kappa shape index (κ1) is 16.7. The van der Waals surface area contributed by atoms with Gasteiger partial charge in [0.15, 0.2) is 11.6 Å². The minimum atomic E-state index is -0.461. The lowest BCUT2D eigenvalue weighted by Gasteiger charge is -2.37. The van der Waals surface area contributed by atoms with E-state index in [0.29, 0.717) is 26.3 Å². The summed E-state index contributed by atoms with van der Waals surface area (Å²) < 4.78 is 11.4. The molecule has 2 saturated heterocycles. The maximum absolute atomic E-state index is 12.4. The van der Waals surface area contributed by atoms with Crippen molar-refractivity contribution in [1.29, 1.82) is 0 Å². The average molecular weight is 343 g/mol. The van der Waals surface area contributed by atoms with Gasteiger partial charge in [0.1, 0.15) is 0 Å². The number of rotatable bonds is 4. The van der Waals surface area contributed by atoms with Crippen LogP contribution in [0.1, 0.15) is 53.6 Å². The maximum Gasteiger partial charge on any atom is 0.223 e. The smallest absolute Gasteiger partial charge is 0.223 e. The van der Waals surface area contributed by atoms with Gasteiger partial charge in [-0.05, 0) is 36.5 Å². The third-order valence-electron chi connectivity index (χ3n) is 5.68. The Labute approximate surface area is 148 Å². The Kier molecular flexibility index (Phi) is 4.61. The molecule has 0 radical (unpaired) electrons. The van der Waals surface area contributed by atoms with Gasteiger partial charge in [0.05, 0.1) is 13.2 Å². The van der Waals surface area contributed by atoms with Crippen LogP contribution in [0, 0.1) is 0 Å². The second-order valence-corrected chi connectivity index (χ2v) is 7.25. The largest absolute Gasteiger partial charge is 0.347 e. The summed E-state index contributed by atoms with van der Waals surface area (Å²) in [6.45, 7) is 2.57. The molecule has 1 spiro atoms. The van der Waals surface area contributed by atoms with E-state index in [-0.39, 0.29) is 24.5 Å². The van der Waals surface area contributed by atoms with Crippen molar-refractivity contribution in [1.82, 2.24) is 4.90 Å². The molecule has 1 aliphatic carbocycles. The minimum Gasteiger partial charge on any atom is -0.347 e. The summed E-state index contributed by atoms with van der Waals surface area (Å²) >= 11 is 0. The zero-order valence-electron chi connectivity index (χ0n) is 14.6. The standard InChI is InChI=1S/C20H25NO4/c22-18(17-5-4-15-2-1-3-16(15)14-17)6-7-19(23)21-10-8-20(9-11-21)24-12-13-25-20/h4-5,14H,1-3,6-13H2. The van der Waals surface area contributed by atoms with Crippen LogP contribution in [0.25, 0.3) is 0 Å². The van der Waals surface area contributed by atoms with Gasteiger partial charge in [-0.1, -0.05) is 12.1 Å². The first-order valence-electron chi connectivity index (χ1n) is 9.36. The van der Waals surface area contributed by atoms with Crippen molar-refractivity contribution in [3.05, 3.63) is 34.9 Å². The third kappa shape index (κ3) is 3.48. The number of amides is 1. The van der Waals surface area contributed by atoms with Crippen LogP contribution >= 0.6 is 0 Å². The van der Waals surface area contributed by atoms with Crippen LogP contribution in [0.5, 0.6) is 0 Å². The number of hydrogen-bond donors (Lipinski definition) is 0. The van der Waals surface area contributed by atoms with Crippen LogP contribution in [0.3, 0.4) is 0 Å². The summed E-state index contributed by atoms with van der Waals surface area (Å²) in [5.74, 6) is -0.335. The number of nitrogens with zero attached hydrogens (tertiary/aromatic N) is 1. The number of piperidine rings is 1. The van der Waals surface area contributed by atoms with Gasteiger partial charge in [-0.3, -0.25) is 9.59 Å². The number of carbonyl (C=O) groups excluding carboxylic acids is 2. The summed E-state index contributed by atoms with van der Waals surface area (Å²) in [5.41, 5.74) is 3.42. The Morgan fingerprint density at radius 2 is 1.72 bits per heavy atom. The fourth-order valence-electron chi connectivity index (χ4n) is 4.15. The van der Waals surface area contributed by atoms with E-state index in [1.54, 1.807) is 0 Å². The Hall–Kier alpha value is -1.72. The van der Waals surface area contributed by atoms with Crippen molar-refractivity contribution >= 4 is 11.7 Å². The van der Waals surface area contributed by atoms with Crippen molar-refractivity contribution in [3.63, 3.8) is 0 Å². The van der Waals surface area contributed by atoms with Crippen molar-refractivity contribution in [3.8, 4) is 0 Å². The highest BCUT2D eigenvalue weighted by molar-refractivity contribution is 5.98. The third-order valence-corrected chi connectivity index (χ3v) is 5.68. The zero-order valence-corrected chi connectivity index (χ0v) is 14.6.